The van der Waals surface area contributed by atoms with Gasteiger partial charge in [-0.25, -0.2) is 0 Å². The Morgan fingerprint density at radius 3 is 2.56 bits per heavy atom. The Balaban J connectivity index is 1.85. The molecule has 0 radical (unpaired) electrons. The molecule has 1 N–H and O–H groups in total. The molecule has 1 heterocycles. The molecule has 0 aromatic heterocycles. The quantitative estimate of drug-likeness (QED) is 0.784. The third-order valence-electron chi connectivity index (χ3n) is 5.22. The number of nitrogens with zero attached hydrogens (tertiary/aromatic N) is 1. The Bertz CT molecular complexity index is 552. The normalized spacial score (nSPS) is 16.6. The van der Waals surface area contributed by atoms with Crippen LogP contribution in [0, 0.1) is 5.92 Å². The Hall–Kier alpha value is -1.59. The van der Waals surface area contributed by atoms with Gasteiger partial charge in [0.25, 0.3) is 0 Å². The van der Waals surface area contributed by atoms with E-state index in [0.29, 0.717) is 5.92 Å². The van der Waals surface area contributed by atoms with Crippen LogP contribution in [0.1, 0.15) is 32.3 Å². The summed E-state index contributed by atoms with van der Waals surface area (Å²) in [6.07, 6.45) is 2.25. The van der Waals surface area contributed by atoms with Gasteiger partial charge in [-0.1, -0.05) is 18.2 Å². The summed E-state index contributed by atoms with van der Waals surface area (Å²) in [5, 5.41) is 3.16. The molecular weight excluding hydrogens is 316 g/mol. The smallest absolute Gasteiger partial charge is 0.230 e. The average Bonchev–Trinajstić information content (AvgIpc) is 2.65. The molecule has 2 rings (SSSR count). The van der Waals surface area contributed by atoms with Gasteiger partial charge in [0.05, 0.1) is 19.1 Å². The molecule has 1 aliphatic heterocycles. The number of benzene rings is 1. The number of methoxy groups -OCH3 is 2. The Labute approximate surface area is 151 Å². The van der Waals surface area contributed by atoms with Crippen LogP contribution in [0.15, 0.2) is 24.3 Å². The predicted molar refractivity (Wildman–Crippen MR) is 100 cm³/mol. The maximum absolute atomic E-state index is 12.8. The van der Waals surface area contributed by atoms with E-state index in [2.05, 4.69) is 10.2 Å². The molecule has 0 bridgehead atoms. The van der Waals surface area contributed by atoms with Gasteiger partial charge in [0.1, 0.15) is 5.75 Å². The van der Waals surface area contributed by atoms with Crippen LogP contribution in [0.3, 0.4) is 0 Å². The molecule has 1 aromatic rings. The zero-order chi connectivity index (χ0) is 18.3. The van der Waals surface area contributed by atoms with E-state index in [9.17, 15) is 4.79 Å². The fourth-order valence-electron chi connectivity index (χ4n) is 3.38. The first-order chi connectivity index (χ1) is 12.0. The average molecular weight is 348 g/mol. The first kappa shape index (κ1) is 19.7. The summed E-state index contributed by atoms with van der Waals surface area (Å²) in [5.74, 6) is 1.36. The first-order valence-corrected chi connectivity index (χ1v) is 9.12. The lowest BCUT2D eigenvalue weighted by atomic mass is 9.82. The number of nitrogens with one attached hydrogen (secondary N) is 1. The number of para-hydroxylation sites is 1. The van der Waals surface area contributed by atoms with Gasteiger partial charge in [0.15, 0.2) is 0 Å². The minimum absolute atomic E-state index is 0.0545. The van der Waals surface area contributed by atoms with Gasteiger partial charge >= 0.3 is 0 Å². The molecule has 5 heteroatoms. The molecule has 140 valence electrons. The van der Waals surface area contributed by atoms with E-state index in [1.54, 1.807) is 14.2 Å². The number of hydrogen-bond donors (Lipinski definition) is 1. The number of carbonyl (C=O) groups excluding carboxylic acids is 1. The molecule has 0 saturated carbocycles. The lowest BCUT2D eigenvalue weighted by molar-refractivity contribution is -0.126. The molecule has 0 aliphatic carbocycles. The SMILES string of the molecule is COCCN1CCC(CNC(=O)C(C)(C)c2ccccc2OC)CC1. The van der Waals surface area contributed by atoms with Gasteiger partial charge in [0.2, 0.25) is 5.91 Å². The highest BCUT2D eigenvalue weighted by Crippen LogP contribution is 2.31. The van der Waals surface area contributed by atoms with Crippen LogP contribution in [-0.4, -0.2) is 57.8 Å². The number of likely N-dealkylation sites (tertiary alicyclic amines) is 1. The van der Waals surface area contributed by atoms with Crippen molar-refractivity contribution in [3.8, 4) is 5.75 Å². The number of ether oxygens (including phenoxy) is 2. The molecule has 5 nitrogen and oxygen atoms in total. The van der Waals surface area contributed by atoms with E-state index >= 15 is 0 Å². The standard InChI is InChI=1S/C20H32N2O3/c1-20(2,17-7-5-6-8-18(17)25-4)19(23)21-15-16-9-11-22(12-10-16)13-14-24-3/h5-8,16H,9-15H2,1-4H3,(H,21,23). The van der Waals surface area contributed by atoms with E-state index in [0.717, 1.165) is 56.9 Å². The molecule has 1 aliphatic rings. The molecule has 1 saturated heterocycles. The van der Waals surface area contributed by atoms with Crippen LogP contribution < -0.4 is 10.1 Å². The largest absolute Gasteiger partial charge is 0.496 e. The van der Waals surface area contributed by atoms with Crippen molar-refractivity contribution in [2.24, 2.45) is 5.92 Å². The maximum atomic E-state index is 12.8. The third kappa shape index (κ3) is 5.19. The van der Waals surface area contributed by atoms with Crippen LogP contribution in [0.25, 0.3) is 0 Å². The molecule has 25 heavy (non-hydrogen) atoms. The van der Waals surface area contributed by atoms with Crippen molar-refractivity contribution in [2.45, 2.75) is 32.1 Å². The predicted octanol–water partition coefficient (Wildman–Crippen LogP) is 2.45. The Morgan fingerprint density at radius 1 is 1.24 bits per heavy atom. The summed E-state index contributed by atoms with van der Waals surface area (Å²) in [6.45, 7) is 8.60. The summed E-state index contributed by atoms with van der Waals surface area (Å²) in [6, 6.07) is 7.74. The number of rotatable bonds is 8. The van der Waals surface area contributed by atoms with Crippen molar-refractivity contribution in [3.05, 3.63) is 29.8 Å². The third-order valence-corrected chi connectivity index (χ3v) is 5.22. The van der Waals surface area contributed by atoms with E-state index in [4.69, 9.17) is 9.47 Å². The maximum Gasteiger partial charge on any atom is 0.230 e. The van der Waals surface area contributed by atoms with Crippen LogP contribution in [0.4, 0.5) is 0 Å². The van der Waals surface area contributed by atoms with Gasteiger partial charge in [0, 0.05) is 25.8 Å². The summed E-state index contributed by atoms with van der Waals surface area (Å²) < 4.78 is 10.6. The highest BCUT2D eigenvalue weighted by atomic mass is 16.5. The molecule has 0 spiro atoms. The van der Waals surface area contributed by atoms with Gasteiger partial charge in [-0.15, -0.1) is 0 Å². The molecule has 1 fully saturated rings. The zero-order valence-corrected chi connectivity index (χ0v) is 16.0. The highest BCUT2D eigenvalue weighted by molar-refractivity contribution is 5.88. The van der Waals surface area contributed by atoms with Gasteiger partial charge < -0.3 is 19.7 Å². The van der Waals surface area contributed by atoms with Gasteiger partial charge in [-0.2, -0.15) is 0 Å². The summed E-state index contributed by atoms with van der Waals surface area (Å²) in [7, 11) is 3.38. The monoisotopic (exact) mass is 348 g/mol. The van der Waals surface area contributed by atoms with Crippen molar-refractivity contribution in [1.82, 2.24) is 10.2 Å². The minimum Gasteiger partial charge on any atom is -0.496 e. The van der Waals surface area contributed by atoms with Gasteiger partial charge in [-0.3, -0.25) is 4.79 Å². The van der Waals surface area contributed by atoms with Crippen molar-refractivity contribution in [1.29, 1.82) is 0 Å². The highest BCUT2D eigenvalue weighted by Gasteiger charge is 2.33. The second-order valence-electron chi connectivity index (χ2n) is 7.31. The fraction of sp³-hybridized carbons (Fsp3) is 0.650. The fourth-order valence-corrected chi connectivity index (χ4v) is 3.38. The molecule has 0 unspecified atom stereocenters. The van der Waals surface area contributed by atoms with Crippen LogP contribution >= 0.6 is 0 Å². The molecule has 1 amide bonds. The Kier molecular flexibility index (Phi) is 7.26. The topological polar surface area (TPSA) is 50.8 Å². The molecule has 1 aromatic carbocycles. The minimum atomic E-state index is -0.619. The second kappa shape index (κ2) is 9.20. The molecule has 0 atom stereocenters. The summed E-state index contributed by atoms with van der Waals surface area (Å²) in [5.41, 5.74) is 0.301. The van der Waals surface area contributed by atoms with Crippen molar-refractivity contribution in [3.63, 3.8) is 0 Å². The summed E-state index contributed by atoms with van der Waals surface area (Å²) in [4.78, 5) is 15.2. The van der Waals surface area contributed by atoms with Crippen molar-refractivity contribution < 1.29 is 14.3 Å². The second-order valence-corrected chi connectivity index (χ2v) is 7.31. The van der Waals surface area contributed by atoms with E-state index in [1.807, 2.05) is 38.1 Å². The lowest BCUT2D eigenvalue weighted by Gasteiger charge is -2.33. The Morgan fingerprint density at radius 2 is 1.92 bits per heavy atom. The van der Waals surface area contributed by atoms with Gasteiger partial charge in [-0.05, 0) is 51.8 Å². The van der Waals surface area contributed by atoms with E-state index in [1.165, 1.54) is 0 Å². The number of piperidine rings is 1. The number of amides is 1. The van der Waals surface area contributed by atoms with E-state index < -0.39 is 5.41 Å². The first-order valence-electron chi connectivity index (χ1n) is 9.12. The van der Waals surface area contributed by atoms with Crippen molar-refractivity contribution >= 4 is 5.91 Å². The van der Waals surface area contributed by atoms with Crippen LogP contribution in [0.5, 0.6) is 5.75 Å². The molecular formula is C20H32N2O3. The van der Waals surface area contributed by atoms with Crippen LogP contribution in [-0.2, 0) is 14.9 Å². The van der Waals surface area contributed by atoms with E-state index in [-0.39, 0.29) is 5.91 Å². The summed E-state index contributed by atoms with van der Waals surface area (Å²) >= 11 is 0. The lowest BCUT2D eigenvalue weighted by Crippen LogP contribution is -2.44. The number of carbonyl (C=O) groups is 1. The van der Waals surface area contributed by atoms with Crippen LogP contribution in [0.2, 0.25) is 0 Å². The van der Waals surface area contributed by atoms with Crippen molar-refractivity contribution in [2.75, 3.05) is 47.0 Å². The number of hydrogen-bond acceptors (Lipinski definition) is 4. The zero-order valence-electron chi connectivity index (χ0n) is 16.0.